The van der Waals surface area contributed by atoms with E-state index >= 15 is 13.2 Å². The maximum absolute atomic E-state index is 15.6. The monoisotopic (exact) mass is 500 g/mol. The van der Waals surface area contributed by atoms with Gasteiger partial charge >= 0.3 is 5.97 Å². The predicted molar refractivity (Wildman–Crippen MR) is 136 cm³/mol. The van der Waals surface area contributed by atoms with E-state index in [1.165, 1.54) is 12.1 Å². The smallest absolute Gasteiger partial charge is 0.335 e. The third kappa shape index (κ3) is 4.99. The number of piperazine rings is 1. The molecule has 1 atom stereocenters. The zero-order valence-corrected chi connectivity index (χ0v) is 21.1. The van der Waals surface area contributed by atoms with Crippen molar-refractivity contribution in [2.75, 3.05) is 33.2 Å². The van der Waals surface area contributed by atoms with E-state index < -0.39 is 29.0 Å². The van der Waals surface area contributed by atoms with Gasteiger partial charge in [-0.3, -0.25) is 4.90 Å². The number of carboxylic acids is 1. The van der Waals surface area contributed by atoms with Crippen molar-refractivity contribution < 1.29 is 23.1 Å². The molecule has 1 heterocycles. The first-order chi connectivity index (χ1) is 16.6. The van der Waals surface area contributed by atoms with Crippen LogP contribution < -0.4 is 5.30 Å². The highest BCUT2D eigenvalue weighted by atomic mass is 31.0. The van der Waals surface area contributed by atoms with Crippen LogP contribution in [-0.2, 0) is 6.54 Å². The number of hydrogen-bond acceptors (Lipinski definition) is 3. The lowest BCUT2D eigenvalue weighted by Crippen LogP contribution is -2.43. The average molecular weight is 501 g/mol. The fraction of sp³-hybridized carbons (Fsp3) is 0.296. The quantitative estimate of drug-likeness (QED) is 0.396. The van der Waals surface area contributed by atoms with Gasteiger partial charge in [0.05, 0.1) is 11.1 Å². The van der Waals surface area contributed by atoms with Crippen LogP contribution in [-0.4, -0.2) is 54.1 Å². The number of aromatic carboxylic acids is 1. The molecule has 4 nitrogen and oxygen atoms in total. The Morgan fingerprint density at radius 3 is 2.26 bits per heavy atom. The zero-order valence-electron chi connectivity index (χ0n) is 20.0. The molecule has 0 radical (unpaired) electrons. The van der Waals surface area contributed by atoms with Gasteiger partial charge in [-0.05, 0) is 60.8 Å². The van der Waals surface area contributed by atoms with Crippen molar-refractivity contribution in [3.8, 4) is 22.3 Å². The number of hydrogen-bond donors (Lipinski definition) is 1. The Balaban J connectivity index is 1.77. The highest BCUT2D eigenvalue weighted by molar-refractivity contribution is 7.28. The Kier molecular flexibility index (Phi) is 7.32. The molecule has 35 heavy (non-hydrogen) atoms. The SMILES string of the molecule is Cc1cc(-c2c(F)c(F)c(-c3cccc(CN4CCN(C)CC4)c3)c(P)c2F)cc(C(=O)O)c1C. The number of halogens is 3. The Labute approximate surface area is 205 Å². The van der Waals surface area contributed by atoms with Crippen LogP contribution in [0.4, 0.5) is 13.2 Å². The molecular formula is C27H28F3N2O2P. The van der Waals surface area contributed by atoms with Crippen molar-refractivity contribution in [1.29, 1.82) is 0 Å². The van der Waals surface area contributed by atoms with Crippen LogP contribution in [0, 0.1) is 31.3 Å². The number of aryl methyl sites for hydroxylation is 1. The number of benzene rings is 3. The van der Waals surface area contributed by atoms with Gasteiger partial charge in [0.2, 0.25) is 0 Å². The molecule has 0 spiro atoms. The van der Waals surface area contributed by atoms with Gasteiger partial charge < -0.3 is 10.0 Å². The van der Waals surface area contributed by atoms with Gasteiger partial charge in [0.1, 0.15) is 5.82 Å². The lowest BCUT2D eigenvalue weighted by Gasteiger charge is -2.32. The fourth-order valence-corrected chi connectivity index (χ4v) is 4.97. The van der Waals surface area contributed by atoms with E-state index in [9.17, 15) is 9.90 Å². The van der Waals surface area contributed by atoms with E-state index in [0.717, 1.165) is 31.7 Å². The topological polar surface area (TPSA) is 43.8 Å². The van der Waals surface area contributed by atoms with Crippen molar-refractivity contribution in [2.24, 2.45) is 0 Å². The van der Waals surface area contributed by atoms with E-state index in [0.29, 0.717) is 23.2 Å². The number of carboxylic acid groups (broad SMARTS) is 1. The molecule has 0 aromatic heterocycles. The molecule has 1 N–H and O–H groups in total. The maximum atomic E-state index is 15.6. The number of rotatable bonds is 5. The fourth-order valence-electron chi connectivity index (χ4n) is 4.53. The first-order valence-electron chi connectivity index (χ1n) is 11.4. The molecule has 3 aromatic rings. The molecule has 1 aliphatic rings. The van der Waals surface area contributed by atoms with Gasteiger partial charge in [0.25, 0.3) is 0 Å². The molecular weight excluding hydrogens is 472 g/mol. The lowest BCUT2D eigenvalue weighted by atomic mass is 9.93. The molecule has 0 aliphatic carbocycles. The minimum Gasteiger partial charge on any atom is -0.478 e. The van der Waals surface area contributed by atoms with E-state index in [1.54, 1.807) is 32.0 Å². The standard InChI is InChI=1S/C27H28F3N2O2P/c1-15-11-19(13-20(16(15)2)27(33)34)21-23(28)24(29)22(26(35)25(21)30)18-6-4-5-17(12-18)14-32-9-7-31(3)8-10-32/h4-6,11-13H,7-10,14,35H2,1-3H3,(H,33,34). The average Bonchev–Trinajstić information content (AvgIpc) is 2.82. The molecule has 1 unspecified atom stereocenters. The minimum absolute atomic E-state index is 0.0153. The van der Waals surface area contributed by atoms with E-state index in [4.69, 9.17) is 0 Å². The largest absolute Gasteiger partial charge is 0.478 e. The summed E-state index contributed by atoms with van der Waals surface area (Å²) >= 11 is 0. The van der Waals surface area contributed by atoms with Gasteiger partial charge in [-0.1, -0.05) is 24.3 Å². The maximum Gasteiger partial charge on any atom is 0.335 e. The molecule has 3 aromatic carbocycles. The zero-order chi connectivity index (χ0) is 25.4. The molecule has 8 heteroatoms. The van der Waals surface area contributed by atoms with Crippen LogP contribution in [0.2, 0.25) is 0 Å². The predicted octanol–water partition coefficient (Wildman–Crippen LogP) is 5.00. The van der Waals surface area contributed by atoms with Crippen molar-refractivity contribution in [3.05, 3.63) is 76.1 Å². The second-order valence-electron chi connectivity index (χ2n) is 9.16. The molecule has 1 fully saturated rings. The van der Waals surface area contributed by atoms with Crippen molar-refractivity contribution in [1.82, 2.24) is 9.80 Å². The summed E-state index contributed by atoms with van der Waals surface area (Å²) in [6.45, 7) is 7.69. The van der Waals surface area contributed by atoms with E-state index in [1.807, 2.05) is 6.07 Å². The summed E-state index contributed by atoms with van der Waals surface area (Å²) in [5.41, 5.74) is 1.53. The normalized spacial score (nSPS) is 14.9. The minimum atomic E-state index is -1.34. The highest BCUT2D eigenvalue weighted by Crippen LogP contribution is 2.36. The van der Waals surface area contributed by atoms with Gasteiger partial charge in [-0.15, -0.1) is 9.24 Å². The van der Waals surface area contributed by atoms with Crippen molar-refractivity contribution in [2.45, 2.75) is 20.4 Å². The summed E-state index contributed by atoms with van der Waals surface area (Å²) in [6, 6.07) is 9.75. The van der Waals surface area contributed by atoms with Crippen LogP contribution in [0.25, 0.3) is 22.3 Å². The van der Waals surface area contributed by atoms with Crippen LogP contribution in [0.1, 0.15) is 27.0 Å². The summed E-state index contributed by atoms with van der Waals surface area (Å²) in [4.78, 5) is 16.2. The number of nitrogens with zero attached hydrogens (tertiary/aromatic N) is 2. The molecule has 0 amide bonds. The Morgan fingerprint density at radius 1 is 0.943 bits per heavy atom. The lowest BCUT2D eigenvalue weighted by molar-refractivity contribution is 0.0696. The van der Waals surface area contributed by atoms with Crippen LogP contribution in [0.5, 0.6) is 0 Å². The van der Waals surface area contributed by atoms with Gasteiger partial charge in [0, 0.05) is 43.6 Å². The second-order valence-corrected chi connectivity index (χ2v) is 9.73. The summed E-state index contributed by atoms with van der Waals surface area (Å²) < 4.78 is 46.4. The van der Waals surface area contributed by atoms with Gasteiger partial charge in [-0.25, -0.2) is 18.0 Å². The van der Waals surface area contributed by atoms with E-state index in [-0.39, 0.29) is 22.0 Å². The van der Waals surface area contributed by atoms with E-state index in [2.05, 4.69) is 26.1 Å². The molecule has 1 saturated heterocycles. The molecule has 1 aliphatic heterocycles. The van der Waals surface area contributed by atoms with Crippen LogP contribution >= 0.6 is 9.24 Å². The third-order valence-corrected chi connectivity index (χ3v) is 7.30. The molecule has 0 saturated carbocycles. The summed E-state index contributed by atoms with van der Waals surface area (Å²) in [7, 11) is 4.26. The summed E-state index contributed by atoms with van der Waals surface area (Å²) in [5, 5.41) is 9.38. The van der Waals surface area contributed by atoms with Crippen molar-refractivity contribution in [3.63, 3.8) is 0 Å². The van der Waals surface area contributed by atoms with Crippen LogP contribution in [0.3, 0.4) is 0 Å². The summed E-state index contributed by atoms with van der Waals surface area (Å²) in [5.74, 6) is -4.66. The Hall–Kier alpha value is -2.73. The molecule has 0 bridgehead atoms. The number of likely N-dealkylation sites (N-methyl/N-ethyl adjacent to an activating group) is 1. The third-order valence-electron chi connectivity index (χ3n) is 6.76. The van der Waals surface area contributed by atoms with Crippen LogP contribution in [0.15, 0.2) is 36.4 Å². The summed E-state index contributed by atoms with van der Waals surface area (Å²) in [6.07, 6.45) is 0. The number of carbonyl (C=O) groups is 1. The van der Waals surface area contributed by atoms with Crippen molar-refractivity contribution >= 4 is 20.5 Å². The Morgan fingerprint density at radius 2 is 1.60 bits per heavy atom. The Bertz CT molecular complexity index is 1280. The highest BCUT2D eigenvalue weighted by Gasteiger charge is 2.26. The second kappa shape index (κ2) is 10.1. The van der Waals surface area contributed by atoms with Gasteiger partial charge in [0.15, 0.2) is 11.6 Å². The first kappa shape index (κ1) is 25.4. The van der Waals surface area contributed by atoms with Gasteiger partial charge in [-0.2, -0.15) is 0 Å². The molecule has 4 rings (SSSR count). The first-order valence-corrected chi connectivity index (χ1v) is 12.0. The molecule has 184 valence electrons.